The van der Waals surface area contributed by atoms with E-state index in [1.165, 1.54) is 0 Å². The van der Waals surface area contributed by atoms with Crippen LogP contribution in [-0.4, -0.2) is 23.8 Å². The SMILES string of the molecule is Cc1ccc(C(C)NC2CC2NC(=O)OC(C)(C)C)o1. The standard InChI is InChI=1S/C15H24N2O3/c1-9-6-7-13(19-9)10(2)16-11-8-12(11)17-14(18)20-15(3,4)5/h6-7,10-12,16H,8H2,1-5H3,(H,17,18). The second-order valence-electron chi connectivity index (χ2n) is 6.43. The number of furan rings is 1. The summed E-state index contributed by atoms with van der Waals surface area (Å²) in [6.07, 6.45) is 0.566. The maximum atomic E-state index is 11.6. The Hall–Kier alpha value is -1.49. The van der Waals surface area contributed by atoms with Gasteiger partial charge in [-0.25, -0.2) is 4.79 Å². The predicted octanol–water partition coefficient (Wildman–Crippen LogP) is 2.90. The normalized spacial score (nSPS) is 23.2. The lowest BCUT2D eigenvalue weighted by Crippen LogP contribution is -2.37. The van der Waals surface area contributed by atoms with E-state index in [-0.39, 0.29) is 24.2 Å². The van der Waals surface area contributed by atoms with Crippen LogP contribution < -0.4 is 10.6 Å². The quantitative estimate of drug-likeness (QED) is 0.890. The molecule has 1 saturated carbocycles. The Balaban J connectivity index is 1.74. The van der Waals surface area contributed by atoms with Crippen molar-refractivity contribution in [3.63, 3.8) is 0 Å². The Morgan fingerprint density at radius 2 is 2.10 bits per heavy atom. The molecule has 0 radical (unpaired) electrons. The van der Waals surface area contributed by atoms with Gasteiger partial charge in [-0.15, -0.1) is 0 Å². The van der Waals surface area contributed by atoms with Crippen LogP contribution in [0.3, 0.4) is 0 Å². The second kappa shape index (κ2) is 5.48. The number of carbonyl (C=O) groups is 1. The van der Waals surface area contributed by atoms with Gasteiger partial charge in [-0.3, -0.25) is 0 Å². The highest BCUT2D eigenvalue weighted by Gasteiger charge is 2.40. The summed E-state index contributed by atoms with van der Waals surface area (Å²) in [6.45, 7) is 9.56. The minimum absolute atomic E-state index is 0.138. The molecule has 5 nitrogen and oxygen atoms in total. The summed E-state index contributed by atoms with van der Waals surface area (Å²) in [6, 6.07) is 4.49. The number of ether oxygens (including phenoxy) is 1. The topological polar surface area (TPSA) is 63.5 Å². The summed E-state index contributed by atoms with van der Waals surface area (Å²) in [4.78, 5) is 11.6. The summed E-state index contributed by atoms with van der Waals surface area (Å²) in [5, 5.41) is 6.31. The monoisotopic (exact) mass is 280 g/mol. The Kier molecular flexibility index (Phi) is 4.09. The molecule has 1 aliphatic carbocycles. The lowest BCUT2D eigenvalue weighted by Gasteiger charge is -2.20. The van der Waals surface area contributed by atoms with Crippen LogP contribution in [0.25, 0.3) is 0 Å². The molecule has 2 rings (SSSR count). The lowest BCUT2D eigenvalue weighted by atomic mass is 10.2. The van der Waals surface area contributed by atoms with Crippen molar-refractivity contribution in [1.29, 1.82) is 0 Å². The lowest BCUT2D eigenvalue weighted by molar-refractivity contribution is 0.0522. The average Bonchev–Trinajstić information content (AvgIpc) is 2.83. The molecule has 2 N–H and O–H groups in total. The Bertz CT molecular complexity index is 476. The van der Waals surface area contributed by atoms with E-state index in [0.29, 0.717) is 0 Å². The van der Waals surface area contributed by atoms with Gasteiger partial charge in [0.15, 0.2) is 0 Å². The maximum absolute atomic E-state index is 11.6. The van der Waals surface area contributed by atoms with Gasteiger partial charge in [-0.2, -0.15) is 0 Å². The van der Waals surface area contributed by atoms with Crippen molar-refractivity contribution < 1.29 is 13.9 Å². The zero-order valence-electron chi connectivity index (χ0n) is 12.8. The minimum atomic E-state index is -0.457. The third-order valence-electron chi connectivity index (χ3n) is 3.14. The molecule has 5 heteroatoms. The predicted molar refractivity (Wildman–Crippen MR) is 76.6 cm³/mol. The Morgan fingerprint density at radius 1 is 1.40 bits per heavy atom. The summed E-state index contributed by atoms with van der Waals surface area (Å²) in [5.74, 6) is 1.83. The number of rotatable bonds is 4. The molecule has 112 valence electrons. The molecule has 3 unspecified atom stereocenters. The highest BCUT2D eigenvalue weighted by molar-refractivity contribution is 5.68. The molecule has 1 fully saturated rings. The first-order chi connectivity index (χ1) is 9.24. The fourth-order valence-electron chi connectivity index (χ4n) is 2.09. The second-order valence-corrected chi connectivity index (χ2v) is 6.43. The van der Waals surface area contributed by atoms with Crippen molar-refractivity contribution >= 4 is 6.09 Å². The van der Waals surface area contributed by atoms with Gasteiger partial charge in [0.1, 0.15) is 17.1 Å². The number of nitrogens with one attached hydrogen (secondary N) is 2. The van der Waals surface area contributed by atoms with Crippen LogP contribution >= 0.6 is 0 Å². The van der Waals surface area contributed by atoms with Gasteiger partial charge in [0, 0.05) is 12.1 Å². The third-order valence-corrected chi connectivity index (χ3v) is 3.14. The van der Waals surface area contributed by atoms with E-state index in [4.69, 9.17) is 9.15 Å². The van der Waals surface area contributed by atoms with E-state index in [2.05, 4.69) is 17.6 Å². The van der Waals surface area contributed by atoms with Crippen LogP contribution in [0.15, 0.2) is 16.5 Å². The molecule has 1 aromatic heterocycles. The molecule has 0 aliphatic heterocycles. The van der Waals surface area contributed by atoms with Crippen LogP contribution in [-0.2, 0) is 4.74 Å². The molecular weight excluding hydrogens is 256 g/mol. The number of aryl methyl sites for hydroxylation is 1. The fourth-order valence-corrected chi connectivity index (χ4v) is 2.09. The number of carbonyl (C=O) groups excluding carboxylic acids is 1. The summed E-state index contributed by atoms with van der Waals surface area (Å²) < 4.78 is 10.8. The van der Waals surface area contributed by atoms with Crippen LogP contribution in [0.4, 0.5) is 4.79 Å². The molecule has 0 saturated heterocycles. The van der Waals surface area contributed by atoms with Crippen molar-refractivity contribution in [2.24, 2.45) is 0 Å². The van der Waals surface area contributed by atoms with Crippen LogP contribution in [0.1, 0.15) is 51.7 Å². The molecule has 20 heavy (non-hydrogen) atoms. The number of hydrogen-bond acceptors (Lipinski definition) is 4. The number of hydrogen-bond donors (Lipinski definition) is 2. The highest BCUT2D eigenvalue weighted by Crippen LogP contribution is 2.26. The molecule has 1 aliphatic rings. The van der Waals surface area contributed by atoms with Gasteiger partial charge in [0.2, 0.25) is 0 Å². The first-order valence-corrected chi connectivity index (χ1v) is 7.06. The third kappa shape index (κ3) is 4.27. The molecule has 0 bridgehead atoms. The number of alkyl carbamates (subject to hydrolysis) is 1. The first-order valence-electron chi connectivity index (χ1n) is 7.06. The molecule has 0 aromatic carbocycles. The fraction of sp³-hybridized carbons (Fsp3) is 0.667. The van der Waals surface area contributed by atoms with Gasteiger partial charge in [0.25, 0.3) is 0 Å². The van der Waals surface area contributed by atoms with E-state index in [9.17, 15) is 4.79 Å². The van der Waals surface area contributed by atoms with Crippen LogP contribution in [0, 0.1) is 6.92 Å². The Labute approximate surface area is 120 Å². The molecule has 0 spiro atoms. The van der Waals surface area contributed by atoms with Crippen molar-refractivity contribution in [2.45, 2.75) is 64.8 Å². The molecule has 1 amide bonds. The summed E-state index contributed by atoms with van der Waals surface area (Å²) >= 11 is 0. The van der Waals surface area contributed by atoms with Gasteiger partial charge < -0.3 is 19.8 Å². The maximum Gasteiger partial charge on any atom is 0.407 e. The zero-order chi connectivity index (χ0) is 14.9. The average molecular weight is 280 g/mol. The van der Waals surface area contributed by atoms with Gasteiger partial charge in [0.05, 0.1) is 6.04 Å². The van der Waals surface area contributed by atoms with E-state index in [0.717, 1.165) is 17.9 Å². The van der Waals surface area contributed by atoms with E-state index in [1.807, 2.05) is 39.8 Å². The molecular formula is C15H24N2O3. The van der Waals surface area contributed by atoms with Crippen molar-refractivity contribution in [2.75, 3.05) is 0 Å². The van der Waals surface area contributed by atoms with Crippen molar-refractivity contribution in [1.82, 2.24) is 10.6 Å². The zero-order valence-corrected chi connectivity index (χ0v) is 12.8. The van der Waals surface area contributed by atoms with Gasteiger partial charge in [-0.05, 0) is 53.2 Å². The van der Waals surface area contributed by atoms with E-state index >= 15 is 0 Å². The van der Waals surface area contributed by atoms with E-state index in [1.54, 1.807) is 0 Å². The summed E-state index contributed by atoms with van der Waals surface area (Å²) in [5.41, 5.74) is -0.457. The highest BCUT2D eigenvalue weighted by atomic mass is 16.6. The largest absolute Gasteiger partial charge is 0.465 e. The molecule has 1 heterocycles. The van der Waals surface area contributed by atoms with Crippen LogP contribution in [0.5, 0.6) is 0 Å². The smallest absolute Gasteiger partial charge is 0.407 e. The van der Waals surface area contributed by atoms with E-state index < -0.39 is 5.60 Å². The van der Waals surface area contributed by atoms with Gasteiger partial charge >= 0.3 is 6.09 Å². The van der Waals surface area contributed by atoms with Crippen LogP contribution in [0.2, 0.25) is 0 Å². The van der Waals surface area contributed by atoms with Crippen molar-refractivity contribution in [3.8, 4) is 0 Å². The molecule has 1 aromatic rings. The molecule has 3 atom stereocenters. The minimum Gasteiger partial charge on any atom is -0.465 e. The van der Waals surface area contributed by atoms with Crippen molar-refractivity contribution in [3.05, 3.63) is 23.7 Å². The Morgan fingerprint density at radius 3 is 2.65 bits per heavy atom. The first kappa shape index (κ1) is 14.9. The van der Waals surface area contributed by atoms with Gasteiger partial charge in [-0.1, -0.05) is 0 Å². The number of amides is 1. The summed E-state index contributed by atoms with van der Waals surface area (Å²) in [7, 11) is 0.